The average Bonchev–Trinajstić information content (AvgIpc) is 2.17. The summed E-state index contributed by atoms with van der Waals surface area (Å²) in [5, 5.41) is 12.2. The molecule has 5 nitrogen and oxygen atoms in total. The molecule has 0 saturated heterocycles. The molecule has 78 valence electrons. The molecule has 0 aliphatic heterocycles. The fourth-order valence-electron chi connectivity index (χ4n) is 0.944. The molecule has 1 aromatic rings. The second-order valence-corrected chi connectivity index (χ2v) is 3.07. The van der Waals surface area contributed by atoms with Gasteiger partial charge in [0.1, 0.15) is 0 Å². The molecule has 1 aromatic heterocycles. The van der Waals surface area contributed by atoms with E-state index < -0.39 is 6.10 Å². The van der Waals surface area contributed by atoms with Crippen LogP contribution in [0.2, 0.25) is 0 Å². The van der Waals surface area contributed by atoms with Gasteiger partial charge in [-0.15, -0.1) is 0 Å². The standard InChI is InChI=1S/C9H15N3O2/c1-7-3-10-9(11-4-7)12-5-8(13)6-14-2/h3-4,8,13H,5-6H2,1-2H3,(H,10,11,12). The van der Waals surface area contributed by atoms with Gasteiger partial charge < -0.3 is 15.2 Å². The van der Waals surface area contributed by atoms with Gasteiger partial charge in [0.15, 0.2) is 0 Å². The largest absolute Gasteiger partial charge is 0.389 e. The monoisotopic (exact) mass is 197 g/mol. The third kappa shape index (κ3) is 3.68. The molecular weight excluding hydrogens is 182 g/mol. The fourth-order valence-corrected chi connectivity index (χ4v) is 0.944. The van der Waals surface area contributed by atoms with Gasteiger partial charge in [0.2, 0.25) is 5.95 Å². The van der Waals surface area contributed by atoms with Gasteiger partial charge in [0.05, 0.1) is 12.7 Å². The molecule has 0 fully saturated rings. The summed E-state index contributed by atoms with van der Waals surface area (Å²) in [6.45, 7) is 2.61. The van der Waals surface area contributed by atoms with E-state index in [1.54, 1.807) is 19.5 Å². The minimum absolute atomic E-state index is 0.304. The zero-order chi connectivity index (χ0) is 10.4. The van der Waals surface area contributed by atoms with E-state index in [4.69, 9.17) is 4.74 Å². The molecular formula is C9H15N3O2. The summed E-state index contributed by atoms with van der Waals surface area (Å²) in [4.78, 5) is 8.07. The second kappa shape index (κ2) is 5.51. The van der Waals surface area contributed by atoms with Gasteiger partial charge in [-0.2, -0.15) is 0 Å². The SMILES string of the molecule is COCC(O)CNc1ncc(C)cn1. The number of methoxy groups -OCH3 is 1. The van der Waals surface area contributed by atoms with Crippen molar-refractivity contribution in [2.24, 2.45) is 0 Å². The van der Waals surface area contributed by atoms with Crippen LogP contribution in [0.4, 0.5) is 5.95 Å². The number of aromatic nitrogens is 2. The quantitative estimate of drug-likeness (QED) is 0.706. The van der Waals surface area contributed by atoms with Crippen LogP contribution in [0.25, 0.3) is 0 Å². The Balaban J connectivity index is 2.34. The Bertz CT molecular complexity index is 263. The Kier molecular flexibility index (Phi) is 4.28. The summed E-state index contributed by atoms with van der Waals surface area (Å²) in [5.41, 5.74) is 1.01. The van der Waals surface area contributed by atoms with Crippen molar-refractivity contribution in [3.8, 4) is 0 Å². The van der Waals surface area contributed by atoms with E-state index in [1.165, 1.54) is 0 Å². The van der Waals surface area contributed by atoms with Crippen LogP contribution in [-0.4, -0.2) is 41.4 Å². The second-order valence-electron chi connectivity index (χ2n) is 3.07. The maximum absolute atomic E-state index is 9.32. The molecule has 1 unspecified atom stereocenters. The van der Waals surface area contributed by atoms with Gasteiger partial charge in [0, 0.05) is 26.0 Å². The average molecular weight is 197 g/mol. The smallest absolute Gasteiger partial charge is 0.222 e. The van der Waals surface area contributed by atoms with E-state index in [1.807, 2.05) is 6.92 Å². The lowest BCUT2D eigenvalue weighted by atomic mass is 10.4. The number of aryl methyl sites for hydroxylation is 1. The molecule has 0 amide bonds. The number of nitrogens with one attached hydrogen (secondary N) is 1. The van der Waals surface area contributed by atoms with Crippen LogP contribution in [0.15, 0.2) is 12.4 Å². The number of nitrogens with zero attached hydrogens (tertiary/aromatic N) is 2. The highest BCUT2D eigenvalue weighted by atomic mass is 16.5. The Morgan fingerprint density at radius 2 is 2.14 bits per heavy atom. The third-order valence-electron chi connectivity index (χ3n) is 1.64. The number of anilines is 1. The van der Waals surface area contributed by atoms with Crippen molar-refractivity contribution < 1.29 is 9.84 Å². The van der Waals surface area contributed by atoms with Crippen molar-refractivity contribution >= 4 is 5.95 Å². The minimum atomic E-state index is -0.537. The van der Waals surface area contributed by atoms with Crippen LogP contribution in [0.3, 0.4) is 0 Å². The predicted octanol–water partition coefficient (Wildman–Crippen LogP) is 0.204. The van der Waals surface area contributed by atoms with Crippen LogP contribution in [0.5, 0.6) is 0 Å². The maximum Gasteiger partial charge on any atom is 0.222 e. The fraction of sp³-hybridized carbons (Fsp3) is 0.556. The lowest BCUT2D eigenvalue weighted by molar-refractivity contribution is 0.0726. The molecule has 0 bridgehead atoms. The van der Waals surface area contributed by atoms with E-state index in [0.717, 1.165) is 5.56 Å². The summed E-state index contributed by atoms with van der Waals surface area (Å²) in [6.07, 6.45) is 2.90. The lowest BCUT2D eigenvalue weighted by Crippen LogP contribution is -2.24. The Labute approximate surface area is 83.2 Å². The molecule has 0 saturated carbocycles. The maximum atomic E-state index is 9.32. The summed E-state index contributed by atoms with van der Waals surface area (Å²) in [5.74, 6) is 0.519. The molecule has 5 heteroatoms. The van der Waals surface area contributed by atoms with Crippen LogP contribution < -0.4 is 5.32 Å². The highest BCUT2D eigenvalue weighted by Gasteiger charge is 2.03. The van der Waals surface area contributed by atoms with E-state index in [0.29, 0.717) is 19.1 Å². The number of aliphatic hydroxyl groups excluding tert-OH is 1. The molecule has 0 aliphatic carbocycles. The van der Waals surface area contributed by atoms with Gasteiger partial charge in [-0.25, -0.2) is 9.97 Å². The first-order chi connectivity index (χ1) is 6.72. The Morgan fingerprint density at radius 1 is 1.50 bits per heavy atom. The summed E-state index contributed by atoms with van der Waals surface area (Å²) >= 11 is 0. The number of ether oxygens (including phenoxy) is 1. The number of hydrogen-bond donors (Lipinski definition) is 2. The number of rotatable bonds is 5. The zero-order valence-corrected chi connectivity index (χ0v) is 8.40. The van der Waals surface area contributed by atoms with Crippen molar-refractivity contribution in [1.82, 2.24) is 9.97 Å². The normalized spacial score (nSPS) is 12.5. The van der Waals surface area contributed by atoms with E-state index >= 15 is 0 Å². The van der Waals surface area contributed by atoms with Crippen LogP contribution in [-0.2, 0) is 4.74 Å². The van der Waals surface area contributed by atoms with Gasteiger partial charge in [0.25, 0.3) is 0 Å². The summed E-state index contributed by atoms with van der Waals surface area (Å²) < 4.78 is 4.78. The summed E-state index contributed by atoms with van der Waals surface area (Å²) in [6, 6.07) is 0. The molecule has 0 spiro atoms. The van der Waals surface area contributed by atoms with Crippen molar-refractivity contribution in [3.63, 3.8) is 0 Å². The van der Waals surface area contributed by atoms with Gasteiger partial charge >= 0.3 is 0 Å². The van der Waals surface area contributed by atoms with E-state index in [2.05, 4.69) is 15.3 Å². The Hall–Kier alpha value is -1.20. The van der Waals surface area contributed by atoms with Gasteiger partial charge in [-0.1, -0.05) is 0 Å². The Morgan fingerprint density at radius 3 is 2.71 bits per heavy atom. The van der Waals surface area contributed by atoms with Crippen molar-refractivity contribution in [2.45, 2.75) is 13.0 Å². The topological polar surface area (TPSA) is 67.3 Å². The van der Waals surface area contributed by atoms with Crippen LogP contribution >= 0.6 is 0 Å². The highest BCUT2D eigenvalue weighted by Crippen LogP contribution is 1.98. The van der Waals surface area contributed by atoms with Gasteiger partial charge in [-0.05, 0) is 12.5 Å². The molecule has 14 heavy (non-hydrogen) atoms. The molecule has 0 radical (unpaired) electrons. The van der Waals surface area contributed by atoms with Crippen molar-refractivity contribution in [3.05, 3.63) is 18.0 Å². The third-order valence-corrected chi connectivity index (χ3v) is 1.64. The number of aliphatic hydroxyl groups is 1. The highest BCUT2D eigenvalue weighted by molar-refractivity contribution is 5.24. The molecule has 0 aromatic carbocycles. The number of hydrogen-bond acceptors (Lipinski definition) is 5. The van der Waals surface area contributed by atoms with Gasteiger partial charge in [-0.3, -0.25) is 0 Å². The molecule has 2 N–H and O–H groups in total. The first-order valence-electron chi connectivity index (χ1n) is 4.42. The predicted molar refractivity (Wildman–Crippen MR) is 53.1 cm³/mol. The zero-order valence-electron chi connectivity index (χ0n) is 8.40. The van der Waals surface area contributed by atoms with Crippen molar-refractivity contribution in [1.29, 1.82) is 0 Å². The molecule has 1 atom stereocenters. The van der Waals surface area contributed by atoms with Crippen LogP contribution in [0, 0.1) is 6.92 Å². The lowest BCUT2D eigenvalue weighted by Gasteiger charge is -2.10. The summed E-state index contributed by atoms with van der Waals surface area (Å²) in [7, 11) is 1.55. The van der Waals surface area contributed by atoms with Crippen molar-refractivity contribution in [2.75, 3.05) is 25.6 Å². The van der Waals surface area contributed by atoms with E-state index in [9.17, 15) is 5.11 Å². The van der Waals surface area contributed by atoms with E-state index in [-0.39, 0.29) is 0 Å². The molecule has 1 heterocycles. The first kappa shape index (κ1) is 10.9. The molecule has 1 rings (SSSR count). The first-order valence-corrected chi connectivity index (χ1v) is 4.42. The molecule has 0 aliphatic rings. The minimum Gasteiger partial charge on any atom is -0.389 e. The van der Waals surface area contributed by atoms with Crippen LogP contribution in [0.1, 0.15) is 5.56 Å².